The SMILES string of the molecule is O=c1[nH]c(=O)n([C@@H]2C[C@H](O)[C@@H](O)[C@H]2O)cc1-c1cccs1. The molecule has 0 radical (unpaired) electrons. The summed E-state index contributed by atoms with van der Waals surface area (Å²) in [6, 6.07) is 2.75. The topological polar surface area (TPSA) is 116 Å². The number of thiophene rings is 1. The van der Waals surface area contributed by atoms with Gasteiger partial charge in [-0.2, -0.15) is 0 Å². The number of hydrogen-bond donors (Lipinski definition) is 4. The van der Waals surface area contributed by atoms with Crippen molar-refractivity contribution in [3.05, 3.63) is 44.5 Å². The first-order valence-corrected chi connectivity index (χ1v) is 7.30. The van der Waals surface area contributed by atoms with E-state index in [1.165, 1.54) is 22.1 Å². The maximum absolute atomic E-state index is 11.9. The molecule has 2 aromatic rings. The van der Waals surface area contributed by atoms with E-state index in [0.29, 0.717) is 10.4 Å². The molecule has 1 saturated carbocycles. The highest BCUT2D eigenvalue weighted by Crippen LogP contribution is 2.30. The van der Waals surface area contributed by atoms with Crippen LogP contribution in [0.5, 0.6) is 0 Å². The van der Waals surface area contributed by atoms with E-state index < -0.39 is 35.6 Å². The van der Waals surface area contributed by atoms with Crippen LogP contribution in [0.25, 0.3) is 10.4 Å². The second kappa shape index (κ2) is 5.23. The van der Waals surface area contributed by atoms with E-state index in [-0.39, 0.29) is 6.42 Å². The second-order valence-electron chi connectivity index (χ2n) is 5.04. The van der Waals surface area contributed by atoms with Crippen molar-refractivity contribution in [3.8, 4) is 10.4 Å². The Balaban J connectivity index is 2.10. The number of hydrogen-bond acceptors (Lipinski definition) is 6. The lowest BCUT2D eigenvalue weighted by Gasteiger charge is -2.18. The monoisotopic (exact) mass is 310 g/mol. The van der Waals surface area contributed by atoms with Gasteiger partial charge in [0.25, 0.3) is 5.56 Å². The Bertz CT molecular complexity index is 751. The summed E-state index contributed by atoms with van der Waals surface area (Å²) in [6.07, 6.45) is -2.27. The van der Waals surface area contributed by atoms with Crippen molar-refractivity contribution < 1.29 is 15.3 Å². The highest BCUT2D eigenvalue weighted by Gasteiger charge is 2.42. The Morgan fingerprint density at radius 2 is 2.00 bits per heavy atom. The lowest BCUT2D eigenvalue weighted by atomic mass is 10.2. The van der Waals surface area contributed by atoms with Gasteiger partial charge in [-0.25, -0.2) is 4.79 Å². The molecule has 1 aliphatic rings. The summed E-state index contributed by atoms with van der Waals surface area (Å²) in [7, 11) is 0. The summed E-state index contributed by atoms with van der Waals surface area (Å²) in [5.41, 5.74) is -0.870. The predicted octanol–water partition coefficient (Wildman–Crippen LogP) is -0.707. The number of rotatable bonds is 2. The van der Waals surface area contributed by atoms with Crippen molar-refractivity contribution in [1.82, 2.24) is 9.55 Å². The van der Waals surface area contributed by atoms with Gasteiger partial charge in [0, 0.05) is 11.1 Å². The Labute approximate surface area is 122 Å². The fourth-order valence-electron chi connectivity index (χ4n) is 2.60. The van der Waals surface area contributed by atoms with Crippen LogP contribution in [-0.4, -0.2) is 43.2 Å². The third-order valence-electron chi connectivity index (χ3n) is 3.73. The fourth-order valence-corrected chi connectivity index (χ4v) is 3.33. The van der Waals surface area contributed by atoms with E-state index in [1.807, 2.05) is 5.38 Å². The Kier molecular flexibility index (Phi) is 3.54. The summed E-state index contributed by atoms with van der Waals surface area (Å²) < 4.78 is 1.17. The smallest absolute Gasteiger partial charge is 0.328 e. The Morgan fingerprint density at radius 3 is 2.57 bits per heavy atom. The lowest BCUT2D eigenvalue weighted by Crippen LogP contribution is -2.37. The maximum Gasteiger partial charge on any atom is 0.328 e. The van der Waals surface area contributed by atoms with Gasteiger partial charge in [-0.3, -0.25) is 14.3 Å². The first kappa shape index (κ1) is 14.2. The normalized spacial score (nSPS) is 28.9. The third-order valence-corrected chi connectivity index (χ3v) is 4.64. The van der Waals surface area contributed by atoms with Gasteiger partial charge < -0.3 is 15.3 Å². The first-order valence-electron chi connectivity index (χ1n) is 6.42. The van der Waals surface area contributed by atoms with Crippen LogP contribution in [0, 0.1) is 0 Å². The Hall–Kier alpha value is -1.74. The average Bonchev–Trinajstić information content (AvgIpc) is 3.04. The number of aromatic nitrogens is 2. The number of nitrogens with one attached hydrogen (secondary N) is 1. The van der Waals surface area contributed by atoms with Crippen LogP contribution >= 0.6 is 11.3 Å². The molecule has 0 saturated heterocycles. The van der Waals surface area contributed by atoms with Crippen molar-refractivity contribution in [2.24, 2.45) is 0 Å². The molecule has 0 aromatic carbocycles. The van der Waals surface area contributed by atoms with E-state index in [4.69, 9.17) is 0 Å². The number of aromatic amines is 1. The van der Waals surface area contributed by atoms with Crippen LogP contribution < -0.4 is 11.2 Å². The van der Waals surface area contributed by atoms with E-state index in [0.717, 1.165) is 0 Å². The number of aliphatic hydroxyl groups is 3. The quantitative estimate of drug-likeness (QED) is 0.585. The molecule has 1 aliphatic carbocycles. The molecule has 2 heterocycles. The molecule has 0 bridgehead atoms. The molecule has 4 N–H and O–H groups in total. The van der Waals surface area contributed by atoms with E-state index >= 15 is 0 Å². The van der Waals surface area contributed by atoms with Crippen molar-refractivity contribution in [2.75, 3.05) is 0 Å². The molecule has 0 aliphatic heterocycles. The summed E-state index contributed by atoms with van der Waals surface area (Å²) >= 11 is 1.35. The Morgan fingerprint density at radius 1 is 1.24 bits per heavy atom. The average molecular weight is 310 g/mol. The van der Waals surface area contributed by atoms with Gasteiger partial charge in [-0.05, 0) is 17.9 Å². The van der Waals surface area contributed by atoms with Gasteiger partial charge in [0.05, 0.1) is 17.7 Å². The van der Waals surface area contributed by atoms with Gasteiger partial charge in [0.1, 0.15) is 12.2 Å². The van der Waals surface area contributed by atoms with Crippen LogP contribution in [0.15, 0.2) is 33.3 Å². The zero-order chi connectivity index (χ0) is 15.1. The largest absolute Gasteiger partial charge is 0.390 e. The third kappa shape index (κ3) is 2.36. The minimum absolute atomic E-state index is 0.0398. The standard InChI is InChI=1S/C13H14N2O5S/c16-8-4-7(10(17)11(8)18)15-5-6(9-2-1-3-21-9)12(19)14-13(15)20/h1-3,5,7-8,10-11,16-18H,4H2,(H,14,19,20)/t7-,8+,10+,11-/m1/s1. The van der Waals surface area contributed by atoms with E-state index in [2.05, 4.69) is 4.98 Å². The van der Waals surface area contributed by atoms with Gasteiger partial charge in [0.2, 0.25) is 0 Å². The molecule has 8 heteroatoms. The minimum Gasteiger partial charge on any atom is -0.390 e. The molecule has 2 aromatic heterocycles. The molecule has 3 rings (SSSR count). The van der Waals surface area contributed by atoms with Crippen LogP contribution in [-0.2, 0) is 0 Å². The van der Waals surface area contributed by atoms with Crippen LogP contribution in [0.3, 0.4) is 0 Å². The fraction of sp³-hybridized carbons (Fsp3) is 0.385. The molecule has 21 heavy (non-hydrogen) atoms. The highest BCUT2D eigenvalue weighted by atomic mass is 32.1. The molecule has 0 unspecified atom stereocenters. The van der Waals surface area contributed by atoms with Crippen LogP contribution in [0.1, 0.15) is 12.5 Å². The molecule has 1 fully saturated rings. The number of aliphatic hydroxyl groups excluding tert-OH is 3. The number of nitrogens with zero attached hydrogens (tertiary/aromatic N) is 1. The minimum atomic E-state index is -1.31. The molecule has 112 valence electrons. The van der Waals surface area contributed by atoms with E-state index in [9.17, 15) is 24.9 Å². The summed E-state index contributed by atoms with van der Waals surface area (Å²) in [6.45, 7) is 0. The summed E-state index contributed by atoms with van der Waals surface area (Å²) in [4.78, 5) is 26.7. The van der Waals surface area contributed by atoms with Gasteiger partial charge >= 0.3 is 5.69 Å². The van der Waals surface area contributed by atoms with Crippen molar-refractivity contribution in [2.45, 2.75) is 30.8 Å². The molecule has 4 atom stereocenters. The highest BCUT2D eigenvalue weighted by molar-refractivity contribution is 7.13. The summed E-state index contributed by atoms with van der Waals surface area (Å²) in [5.74, 6) is 0. The van der Waals surface area contributed by atoms with Gasteiger partial charge in [0.15, 0.2) is 0 Å². The lowest BCUT2D eigenvalue weighted by molar-refractivity contribution is -0.0249. The van der Waals surface area contributed by atoms with Gasteiger partial charge in [-0.1, -0.05) is 6.07 Å². The zero-order valence-electron chi connectivity index (χ0n) is 10.8. The van der Waals surface area contributed by atoms with Crippen LogP contribution in [0.4, 0.5) is 0 Å². The number of H-pyrrole nitrogens is 1. The van der Waals surface area contributed by atoms with Crippen molar-refractivity contribution >= 4 is 11.3 Å². The maximum atomic E-state index is 11.9. The molecular formula is C13H14N2O5S. The van der Waals surface area contributed by atoms with Crippen LogP contribution in [0.2, 0.25) is 0 Å². The summed E-state index contributed by atoms with van der Waals surface area (Å²) in [5, 5.41) is 31.0. The van der Waals surface area contributed by atoms with Gasteiger partial charge in [-0.15, -0.1) is 11.3 Å². The van der Waals surface area contributed by atoms with E-state index in [1.54, 1.807) is 12.1 Å². The molecule has 0 amide bonds. The first-order chi connectivity index (χ1) is 9.99. The molecule has 7 nitrogen and oxygen atoms in total. The zero-order valence-corrected chi connectivity index (χ0v) is 11.7. The predicted molar refractivity (Wildman–Crippen MR) is 76.3 cm³/mol. The molecule has 0 spiro atoms. The molecular weight excluding hydrogens is 296 g/mol. The van der Waals surface area contributed by atoms with Crippen molar-refractivity contribution in [1.29, 1.82) is 0 Å². The van der Waals surface area contributed by atoms with Crippen molar-refractivity contribution in [3.63, 3.8) is 0 Å². The second-order valence-corrected chi connectivity index (χ2v) is 5.99.